The SMILES string of the molecule is CCc1cccc(F)c1COC1CCC(NC(=O)Nc2ccccc2OC)CC1. The maximum absolute atomic E-state index is 14.1. The van der Waals surface area contributed by atoms with Gasteiger partial charge in [-0.25, -0.2) is 9.18 Å². The van der Waals surface area contributed by atoms with E-state index in [1.54, 1.807) is 25.3 Å². The number of ether oxygens (including phenoxy) is 2. The van der Waals surface area contributed by atoms with E-state index in [4.69, 9.17) is 9.47 Å². The van der Waals surface area contributed by atoms with Crippen molar-refractivity contribution in [1.29, 1.82) is 0 Å². The summed E-state index contributed by atoms with van der Waals surface area (Å²) in [6, 6.07) is 12.3. The molecule has 1 fully saturated rings. The van der Waals surface area contributed by atoms with Crippen LogP contribution in [0.4, 0.5) is 14.9 Å². The van der Waals surface area contributed by atoms with Crippen LogP contribution in [0.5, 0.6) is 5.75 Å². The van der Waals surface area contributed by atoms with Crippen molar-refractivity contribution in [2.75, 3.05) is 12.4 Å². The van der Waals surface area contributed by atoms with Gasteiger partial charge in [0.1, 0.15) is 11.6 Å². The van der Waals surface area contributed by atoms with Crippen molar-refractivity contribution >= 4 is 11.7 Å². The number of anilines is 1. The third-order valence-corrected chi connectivity index (χ3v) is 5.42. The van der Waals surface area contributed by atoms with Gasteiger partial charge in [-0.2, -0.15) is 0 Å². The van der Waals surface area contributed by atoms with Crippen LogP contribution < -0.4 is 15.4 Å². The van der Waals surface area contributed by atoms with E-state index in [0.717, 1.165) is 37.7 Å². The molecular formula is C23H29FN2O3. The number of nitrogens with one attached hydrogen (secondary N) is 2. The molecule has 5 nitrogen and oxygen atoms in total. The van der Waals surface area contributed by atoms with E-state index in [1.165, 1.54) is 6.07 Å². The van der Waals surface area contributed by atoms with Gasteiger partial charge in [-0.15, -0.1) is 0 Å². The number of rotatable bonds is 7. The summed E-state index contributed by atoms with van der Waals surface area (Å²) >= 11 is 0. The van der Waals surface area contributed by atoms with Crippen LogP contribution in [-0.2, 0) is 17.8 Å². The normalized spacial score (nSPS) is 18.9. The minimum atomic E-state index is -0.238. The first-order valence-corrected chi connectivity index (χ1v) is 10.2. The van der Waals surface area contributed by atoms with Gasteiger partial charge in [-0.3, -0.25) is 0 Å². The first-order valence-electron chi connectivity index (χ1n) is 10.2. The highest BCUT2D eigenvalue weighted by Crippen LogP contribution is 2.25. The van der Waals surface area contributed by atoms with Crippen LogP contribution in [0.1, 0.15) is 43.7 Å². The molecule has 1 aliphatic carbocycles. The first-order chi connectivity index (χ1) is 14.1. The molecule has 1 aliphatic rings. The highest BCUT2D eigenvalue weighted by Gasteiger charge is 2.23. The Morgan fingerprint density at radius 2 is 1.86 bits per heavy atom. The molecule has 0 aromatic heterocycles. The molecule has 3 rings (SSSR count). The van der Waals surface area contributed by atoms with E-state index in [-0.39, 0.29) is 24.0 Å². The number of hydrogen-bond acceptors (Lipinski definition) is 3. The Morgan fingerprint density at radius 3 is 2.59 bits per heavy atom. The third-order valence-electron chi connectivity index (χ3n) is 5.42. The molecule has 0 radical (unpaired) electrons. The number of para-hydroxylation sites is 2. The van der Waals surface area contributed by atoms with Gasteiger partial charge in [0.2, 0.25) is 0 Å². The number of hydrogen-bond donors (Lipinski definition) is 2. The zero-order valence-electron chi connectivity index (χ0n) is 17.0. The summed E-state index contributed by atoms with van der Waals surface area (Å²) in [6.07, 6.45) is 4.23. The molecule has 29 heavy (non-hydrogen) atoms. The molecule has 2 aromatic carbocycles. The largest absolute Gasteiger partial charge is 0.495 e. The van der Waals surface area contributed by atoms with Crippen LogP contribution in [0.25, 0.3) is 0 Å². The van der Waals surface area contributed by atoms with Gasteiger partial charge < -0.3 is 20.1 Å². The maximum atomic E-state index is 14.1. The van der Waals surface area contributed by atoms with Gasteiger partial charge in [0.15, 0.2) is 0 Å². The quantitative estimate of drug-likeness (QED) is 0.684. The summed E-state index contributed by atoms with van der Waals surface area (Å²) in [7, 11) is 1.57. The Bertz CT molecular complexity index is 820. The van der Waals surface area contributed by atoms with Crippen molar-refractivity contribution in [1.82, 2.24) is 5.32 Å². The highest BCUT2D eigenvalue weighted by molar-refractivity contribution is 5.91. The summed E-state index contributed by atoms with van der Waals surface area (Å²) < 4.78 is 25.3. The molecule has 156 valence electrons. The standard InChI is InChI=1S/C23H29FN2O3/c1-3-16-7-6-8-20(24)19(16)15-29-18-13-11-17(12-14-18)25-23(27)26-21-9-4-5-10-22(21)28-2/h4-10,17-18H,3,11-15H2,1-2H3,(H2,25,26,27). The molecule has 0 unspecified atom stereocenters. The molecular weight excluding hydrogens is 371 g/mol. The molecule has 2 N–H and O–H groups in total. The molecule has 6 heteroatoms. The Kier molecular flexibility index (Phi) is 7.47. The number of aryl methyl sites for hydroxylation is 1. The van der Waals surface area contributed by atoms with Crippen LogP contribution in [0.15, 0.2) is 42.5 Å². The fourth-order valence-electron chi connectivity index (χ4n) is 3.76. The van der Waals surface area contributed by atoms with Crippen molar-refractivity contribution in [3.05, 3.63) is 59.4 Å². The van der Waals surface area contributed by atoms with Crippen LogP contribution in [0, 0.1) is 5.82 Å². The summed E-state index contributed by atoms with van der Waals surface area (Å²) in [5, 5.41) is 5.86. The van der Waals surface area contributed by atoms with Gasteiger partial charge >= 0.3 is 6.03 Å². The molecule has 1 saturated carbocycles. The van der Waals surface area contributed by atoms with Crippen molar-refractivity contribution in [3.63, 3.8) is 0 Å². The number of methoxy groups -OCH3 is 1. The summed E-state index contributed by atoms with van der Waals surface area (Å²) in [5.41, 5.74) is 2.29. The van der Waals surface area contributed by atoms with Crippen LogP contribution in [0.3, 0.4) is 0 Å². The summed E-state index contributed by atoms with van der Waals surface area (Å²) in [4.78, 5) is 12.3. The van der Waals surface area contributed by atoms with E-state index in [1.807, 2.05) is 25.1 Å². The molecule has 0 spiro atoms. The van der Waals surface area contributed by atoms with Crippen LogP contribution in [-0.4, -0.2) is 25.3 Å². The lowest BCUT2D eigenvalue weighted by Gasteiger charge is -2.29. The molecule has 2 aromatic rings. The average Bonchev–Trinajstić information content (AvgIpc) is 2.74. The molecule has 0 bridgehead atoms. The number of carbonyl (C=O) groups is 1. The zero-order valence-corrected chi connectivity index (χ0v) is 17.0. The average molecular weight is 400 g/mol. The number of halogens is 1. The first kappa shape index (κ1) is 21.1. The monoisotopic (exact) mass is 400 g/mol. The Labute approximate surface area is 171 Å². The molecule has 0 aliphatic heterocycles. The molecule has 0 atom stereocenters. The second-order valence-corrected chi connectivity index (χ2v) is 7.31. The van der Waals surface area contributed by atoms with Crippen LogP contribution >= 0.6 is 0 Å². The van der Waals surface area contributed by atoms with Gasteiger partial charge in [0.05, 0.1) is 25.5 Å². The lowest BCUT2D eigenvalue weighted by molar-refractivity contribution is 0.0106. The van der Waals surface area contributed by atoms with E-state index in [2.05, 4.69) is 10.6 Å². The second kappa shape index (κ2) is 10.3. The van der Waals surface area contributed by atoms with Gasteiger partial charge in [-0.05, 0) is 55.9 Å². The van der Waals surface area contributed by atoms with Crippen molar-refractivity contribution in [2.24, 2.45) is 0 Å². The molecule has 2 amide bonds. The van der Waals surface area contributed by atoms with Crippen LogP contribution in [0.2, 0.25) is 0 Å². The predicted octanol–water partition coefficient (Wildman–Crippen LogP) is 5.05. The van der Waals surface area contributed by atoms with E-state index < -0.39 is 0 Å². The van der Waals surface area contributed by atoms with E-state index in [9.17, 15) is 9.18 Å². The minimum Gasteiger partial charge on any atom is -0.495 e. The molecule has 0 saturated heterocycles. The maximum Gasteiger partial charge on any atom is 0.319 e. The van der Waals surface area contributed by atoms with Crippen molar-refractivity contribution in [2.45, 2.75) is 57.8 Å². The second-order valence-electron chi connectivity index (χ2n) is 7.31. The molecule has 0 heterocycles. The lowest BCUT2D eigenvalue weighted by Crippen LogP contribution is -2.41. The predicted molar refractivity (Wildman–Crippen MR) is 112 cm³/mol. The van der Waals surface area contributed by atoms with E-state index in [0.29, 0.717) is 23.6 Å². The summed E-state index contributed by atoms with van der Waals surface area (Å²) in [5.74, 6) is 0.423. The van der Waals surface area contributed by atoms with Crippen molar-refractivity contribution in [3.8, 4) is 5.75 Å². The fourth-order valence-corrected chi connectivity index (χ4v) is 3.76. The van der Waals surface area contributed by atoms with Gasteiger partial charge in [0, 0.05) is 11.6 Å². The number of carbonyl (C=O) groups excluding carboxylic acids is 1. The van der Waals surface area contributed by atoms with Gasteiger partial charge in [-0.1, -0.05) is 31.2 Å². The lowest BCUT2D eigenvalue weighted by atomic mass is 9.93. The third kappa shape index (κ3) is 5.70. The van der Waals surface area contributed by atoms with E-state index >= 15 is 0 Å². The van der Waals surface area contributed by atoms with Crippen molar-refractivity contribution < 1.29 is 18.7 Å². The minimum absolute atomic E-state index is 0.0923. The Balaban J connectivity index is 1.44. The van der Waals surface area contributed by atoms with Gasteiger partial charge in [0.25, 0.3) is 0 Å². The Morgan fingerprint density at radius 1 is 1.10 bits per heavy atom. The smallest absolute Gasteiger partial charge is 0.319 e. The topological polar surface area (TPSA) is 59.6 Å². The number of urea groups is 1. The number of benzene rings is 2. The number of amides is 2. The Hall–Kier alpha value is -2.60. The fraction of sp³-hybridized carbons (Fsp3) is 0.435. The summed E-state index contributed by atoms with van der Waals surface area (Å²) in [6.45, 7) is 2.32. The highest BCUT2D eigenvalue weighted by atomic mass is 19.1. The zero-order chi connectivity index (χ0) is 20.6.